The van der Waals surface area contributed by atoms with Crippen LogP contribution in [0.5, 0.6) is 0 Å². The third-order valence-corrected chi connectivity index (χ3v) is 5.32. The van der Waals surface area contributed by atoms with Crippen molar-refractivity contribution in [3.8, 4) is 0 Å². The van der Waals surface area contributed by atoms with Gasteiger partial charge in [0, 0.05) is 0 Å². The quantitative estimate of drug-likeness (QED) is 0.449. The molecule has 10 heavy (non-hydrogen) atoms. The SMILES string of the molecule is CCCC(C)(CCC)[SiH2]Cl. The zero-order valence-electron chi connectivity index (χ0n) is 7.41. The molecule has 2 heteroatoms. The fourth-order valence-electron chi connectivity index (χ4n) is 1.47. The van der Waals surface area contributed by atoms with Crippen LogP contribution in [0, 0.1) is 0 Å². The topological polar surface area (TPSA) is 0 Å². The van der Waals surface area contributed by atoms with E-state index in [1.807, 2.05) is 0 Å². The van der Waals surface area contributed by atoms with Gasteiger partial charge in [0.2, 0.25) is 0 Å². The van der Waals surface area contributed by atoms with Gasteiger partial charge in [-0.05, 0) is 17.9 Å². The van der Waals surface area contributed by atoms with Gasteiger partial charge in [0.05, 0.1) is 0 Å². The summed E-state index contributed by atoms with van der Waals surface area (Å²) >= 11 is 6.01. The number of rotatable bonds is 5. The highest BCUT2D eigenvalue weighted by Gasteiger charge is 2.20. The highest BCUT2D eigenvalue weighted by Crippen LogP contribution is 2.36. The molecule has 0 spiro atoms. The molecule has 0 saturated carbocycles. The van der Waals surface area contributed by atoms with Crippen LogP contribution in [0.3, 0.4) is 0 Å². The van der Waals surface area contributed by atoms with Gasteiger partial charge in [-0.25, -0.2) is 0 Å². The molecule has 0 amide bonds. The Morgan fingerprint density at radius 2 is 1.60 bits per heavy atom. The fraction of sp³-hybridized carbons (Fsp3) is 1.00. The van der Waals surface area contributed by atoms with Gasteiger partial charge in [0.15, 0.2) is 0 Å². The van der Waals surface area contributed by atoms with Gasteiger partial charge in [0.1, 0.15) is 8.83 Å². The van der Waals surface area contributed by atoms with Gasteiger partial charge in [-0.15, -0.1) is 0 Å². The number of halogens is 1. The van der Waals surface area contributed by atoms with Crippen molar-refractivity contribution >= 4 is 19.9 Å². The first-order valence-electron chi connectivity index (χ1n) is 4.24. The Morgan fingerprint density at radius 3 is 1.80 bits per heavy atom. The van der Waals surface area contributed by atoms with Gasteiger partial charge in [-0.1, -0.05) is 33.6 Å². The molecule has 62 valence electrons. The minimum Gasteiger partial charge on any atom is -0.176 e. The minimum atomic E-state index is -0.318. The Morgan fingerprint density at radius 1 is 1.20 bits per heavy atom. The van der Waals surface area contributed by atoms with E-state index in [0.29, 0.717) is 5.04 Å². The molecular formula is C8H19ClSi. The molecule has 0 N–H and O–H groups in total. The van der Waals surface area contributed by atoms with Crippen LogP contribution in [0.2, 0.25) is 5.04 Å². The maximum atomic E-state index is 6.01. The van der Waals surface area contributed by atoms with Crippen molar-refractivity contribution in [1.82, 2.24) is 0 Å². The van der Waals surface area contributed by atoms with Crippen LogP contribution in [0.15, 0.2) is 0 Å². The third kappa shape index (κ3) is 3.62. The van der Waals surface area contributed by atoms with Crippen molar-refractivity contribution in [2.75, 3.05) is 0 Å². The van der Waals surface area contributed by atoms with E-state index in [2.05, 4.69) is 20.8 Å². The molecule has 0 radical (unpaired) electrons. The lowest BCUT2D eigenvalue weighted by molar-refractivity contribution is 0.502. The van der Waals surface area contributed by atoms with Crippen LogP contribution in [-0.2, 0) is 0 Å². The summed E-state index contributed by atoms with van der Waals surface area (Å²) in [4.78, 5) is 0. The predicted molar refractivity (Wildman–Crippen MR) is 52.6 cm³/mol. The smallest absolute Gasteiger partial charge is 0.131 e. The summed E-state index contributed by atoms with van der Waals surface area (Å²) in [6.45, 7) is 6.84. The van der Waals surface area contributed by atoms with Gasteiger partial charge in [0.25, 0.3) is 0 Å². The van der Waals surface area contributed by atoms with Crippen molar-refractivity contribution in [2.24, 2.45) is 0 Å². The van der Waals surface area contributed by atoms with Crippen molar-refractivity contribution in [3.05, 3.63) is 0 Å². The molecule has 0 bridgehead atoms. The average molecular weight is 179 g/mol. The molecule has 0 heterocycles. The van der Waals surface area contributed by atoms with Crippen molar-refractivity contribution in [2.45, 2.75) is 51.5 Å². The largest absolute Gasteiger partial charge is 0.176 e. The minimum absolute atomic E-state index is 0.318. The van der Waals surface area contributed by atoms with Crippen molar-refractivity contribution < 1.29 is 0 Å². The molecule has 0 aromatic carbocycles. The summed E-state index contributed by atoms with van der Waals surface area (Å²) in [5.74, 6) is 0. The highest BCUT2D eigenvalue weighted by atomic mass is 35.6. The third-order valence-electron chi connectivity index (χ3n) is 2.03. The van der Waals surface area contributed by atoms with Crippen LogP contribution in [0.1, 0.15) is 46.5 Å². The zero-order valence-corrected chi connectivity index (χ0v) is 9.58. The Kier molecular flexibility index (Phi) is 5.46. The number of hydrogen-bond donors (Lipinski definition) is 0. The van der Waals surface area contributed by atoms with Crippen LogP contribution in [-0.4, -0.2) is 8.83 Å². The molecule has 0 atom stereocenters. The Hall–Kier alpha value is 0.507. The standard InChI is InChI=1S/C8H19ClSi/c1-4-6-8(3,10-9)7-5-2/h4-7,10H2,1-3H3. The van der Waals surface area contributed by atoms with Crippen LogP contribution in [0.4, 0.5) is 0 Å². The van der Waals surface area contributed by atoms with E-state index in [9.17, 15) is 0 Å². The number of hydrogen-bond acceptors (Lipinski definition) is 0. The van der Waals surface area contributed by atoms with Gasteiger partial charge in [-0.2, -0.15) is 11.1 Å². The van der Waals surface area contributed by atoms with E-state index in [-0.39, 0.29) is 8.83 Å². The van der Waals surface area contributed by atoms with E-state index >= 15 is 0 Å². The lowest BCUT2D eigenvalue weighted by atomic mass is 9.99. The Balaban J connectivity index is 3.69. The molecule has 0 fully saturated rings. The zero-order chi connectivity index (χ0) is 8.04. The molecule has 0 aromatic heterocycles. The summed E-state index contributed by atoms with van der Waals surface area (Å²) in [5.41, 5.74) is 0. The molecule has 0 rings (SSSR count). The second kappa shape index (κ2) is 5.20. The van der Waals surface area contributed by atoms with E-state index in [0.717, 1.165) is 0 Å². The first-order valence-corrected chi connectivity index (χ1v) is 7.09. The molecule has 0 aliphatic rings. The highest BCUT2D eigenvalue weighted by molar-refractivity contribution is 6.95. The predicted octanol–water partition coefficient (Wildman–Crippen LogP) is 3.09. The summed E-state index contributed by atoms with van der Waals surface area (Å²) in [7, 11) is -0.318. The van der Waals surface area contributed by atoms with Gasteiger partial charge < -0.3 is 0 Å². The monoisotopic (exact) mass is 178 g/mol. The molecule has 0 aliphatic carbocycles. The second-order valence-corrected chi connectivity index (χ2v) is 6.22. The van der Waals surface area contributed by atoms with Gasteiger partial charge >= 0.3 is 0 Å². The summed E-state index contributed by atoms with van der Waals surface area (Å²) < 4.78 is 0. The molecule has 0 aliphatic heterocycles. The maximum absolute atomic E-state index is 6.01. The van der Waals surface area contributed by atoms with Crippen LogP contribution < -0.4 is 0 Å². The van der Waals surface area contributed by atoms with E-state index in [4.69, 9.17) is 11.1 Å². The lowest BCUT2D eigenvalue weighted by Gasteiger charge is -2.25. The molecule has 0 nitrogen and oxygen atoms in total. The Labute approximate surface area is 71.9 Å². The van der Waals surface area contributed by atoms with E-state index in [1.54, 1.807) is 0 Å². The first kappa shape index (κ1) is 10.5. The van der Waals surface area contributed by atoms with Crippen molar-refractivity contribution in [1.29, 1.82) is 0 Å². The van der Waals surface area contributed by atoms with Crippen LogP contribution >= 0.6 is 11.1 Å². The molecule has 0 unspecified atom stereocenters. The molecule has 0 aromatic rings. The fourth-order valence-corrected chi connectivity index (χ4v) is 3.24. The average Bonchev–Trinajstić information content (AvgIpc) is 1.89. The first-order chi connectivity index (χ1) is 4.68. The summed E-state index contributed by atoms with van der Waals surface area (Å²) in [5, 5.41) is 0.547. The summed E-state index contributed by atoms with van der Waals surface area (Å²) in [6.07, 6.45) is 5.24. The lowest BCUT2D eigenvalue weighted by Crippen LogP contribution is -2.12. The normalized spacial score (nSPS) is 13.2. The van der Waals surface area contributed by atoms with E-state index in [1.165, 1.54) is 25.7 Å². The van der Waals surface area contributed by atoms with E-state index < -0.39 is 0 Å². The second-order valence-electron chi connectivity index (χ2n) is 3.44. The van der Waals surface area contributed by atoms with Crippen LogP contribution in [0.25, 0.3) is 0 Å². The summed E-state index contributed by atoms with van der Waals surface area (Å²) in [6, 6.07) is 0. The van der Waals surface area contributed by atoms with Gasteiger partial charge in [-0.3, -0.25) is 0 Å². The Bertz CT molecular complexity index is 77.3. The molecular weight excluding hydrogens is 160 g/mol. The molecule has 0 saturated heterocycles. The van der Waals surface area contributed by atoms with Crippen molar-refractivity contribution in [3.63, 3.8) is 0 Å². The maximum Gasteiger partial charge on any atom is 0.131 e.